The molecule has 0 atom stereocenters. The predicted molar refractivity (Wildman–Crippen MR) is 71.3 cm³/mol. The molecule has 5 heteroatoms. The summed E-state index contributed by atoms with van der Waals surface area (Å²) in [4.78, 5) is 24.8. The topological polar surface area (TPSA) is 58.6 Å². The fraction of sp³-hybridized carbons (Fsp3) is 0.846. The van der Waals surface area contributed by atoms with Gasteiger partial charge in [-0.05, 0) is 34.1 Å². The Morgan fingerprint density at radius 2 is 1.89 bits per heavy atom. The Labute approximate surface area is 110 Å². The van der Waals surface area contributed by atoms with E-state index in [0.717, 1.165) is 0 Å². The molecule has 0 aromatic carbocycles. The smallest absolute Gasteiger partial charge is 0.240 e. The van der Waals surface area contributed by atoms with Crippen LogP contribution in [0.25, 0.3) is 0 Å². The summed E-state index contributed by atoms with van der Waals surface area (Å²) in [6.45, 7) is 9.01. The lowest BCUT2D eigenvalue weighted by Crippen LogP contribution is -2.46. The van der Waals surface area contributed by atoms with Crippen LogP contribution in [0.15, 0.2) is 0 Å². The van der Waals surface area contributed by atoms with Crippen LogP contribution in [-0.4, -0.2) is 49.1 Å². The van der Waals surface area contributed by atoms with Crippen molar-refractivity contribution in [2.24, 2.45) is 0 Å². The van der Waals surface area contributed by atoms with E-state index in [9.17, 15) is 9.59 Å². The fourth-order valence-corrected chi connectivity index (χ4v) is 1.42. The molecule has 0 radical (unpaired) electrons. The highest BCUT2D eigenvalue weighted by Crippen LogP contribution is 2.00. The first kappa shape index (κ1) is 16.9. The number of hydrogen-bond donors (Lipinski definition) is 1. The van der Waals surface area contributed by atoms with Crippen molar-refractivity contribution in [1.29, 1.82) is 0 Å². The quantitative estimate of drug-likeness (QED) is 0.698. The molecule has 0 aliphatic carbocycles. The van der Waals surface area contributed by atoms with Crippen molar-refractivity contribution in [3.8, 4) is 0 Å². The van der Waals surface area contributed by atoms with E-state index >= 15 is 0 Å². The first-order chi connectivity index (χ1) is 8.26. The van der Waals surface area contributed by atoms with Crippen LogP contribution < -0.4 is 5.32 Å². The molecular formula is C13H26N2O3. The van der Waals surface area contributed by atoms with Gasteiger partial charge < -0.3 is 15.0 Å². The molecule has 0 aromatic heterocycles. The molecule has 1 N–H and O–H groups in total. The van der Waals surface area contributed by atoms with Crippen molar-refractivity contribution in [2.75, 3.05) is 26.8 Å². The number of nitrogens with one attached hydrogen (secondary N) is 1. The van der Waals surface area contributed by atoms with Gasteiger partial charge in [0.15, 0.2) is 0 Å². The molecule has 0 saturated heterocycles. The monoisotopic (exact) mass is 258 g/mol. The normalized spacial score (nSPS) is 11.2. The summed E-state index contributed by atoms with van der Waals surface area (Å²) in [6, 6.07) is 0. The second-order valence-corrected chi connectivity index (χ2v) is 5.35. The minimum Gasteiger partial charge on any atom is -0.382 e. The summed E-state index contributed by atoms with van der Waals surface area (Å²) >= 11 is 0. The number of likely N-dealkylation sites (N-methyl/N-ethyl adjacent to an activating group) is 1. The van der Waals surface area contributed by atoms with E-state index in [-0.39, 0.29) is 23.9 Å². The van der Waals surface area contributed by atoms with Crippen molar-refractivity contribution in [3.63, 3.8) is 0 Å². The molecule has 0 spiro atoms. The molecule has 0 aromatic rings. The van der Waals surface area contributed by atoms with Gasteiger partial charge >= 0.3 is 0 Å². The Morgan fingerprint density at radius 3 is 2.39 bits per heavy atom. The van der Waals surface area contributed by atoms with Crippen molar-refractivity contribution < 1.29 is 14.3 Å². The van der Waals surface area contributed by atoms with Crippen LogP contribution in [0.3, 0.4) is 0 Å². The van der Waals surface area contributed by atoms with E-state index < -0.39 is 0 Å². The molecule has 2 amide bonds. The van der Waals surface area contributed by atoms with Gasteiger partial charge in [-0.1, -0.05) is 0 Å². The average Bonchev–Trinajstić information content (AvgIpc) is 2.21. The number of carbonyl (C=O) groups is 2. The van der Waals surface area contributed by atoms with Crippen molar-refractivity contribution in [2.45, 2.75) is 46.1 Å². The summed E-state index contributed by atoms with van der Waals surface area (Å²) < 4.78 is 5.16. The third kappa shape index (κ3) is 8.98. The maximum Gasteiger partial charge on any atom is 0.240 e. The molecule has 0 saturated carbocycles. The summed E-state index contributed by atoms with van der Waals surface area (Å²) in [5, 5.41) is 2.82. The Bertz CT molecular complexity index is 272. The van der Waals surface area contributed by atoms with E-state index in [1.807, 2.05) is 27.7 Å². The molecule has 0 rings (SSSR count). The number of nitrogens with zero attached hydrogens (tertiary/aromatic N) is 1. The number of hydrogen-bond acceptors (Lipinski definition) is 3. The molecule has 5 nitrogen and oxygen atoms in total. The second-order valence-electron chi connectivity index (χ2n) is 5.35. The lowest BCUT2D eigenvalue weighted by molar-refractivity contribution is -0.135. The SMILES string of the molecule is CCOCCCC(=O)N(C)CC(=O)NC(C)(C)C. The third-order valence-electron chi connectivity index (χ3n) is 2.20. The largest absolute Gasteiger partial charge is 0.382 e. The maximum absolute atomic E-state index is 11.7. The van der Waals surface area contributed by atoms with Gasteiger partial charge in [-0.15, -0.1) is 0 Å². The Kier molecular flexibility index (Phi) is 7.59. The molecule has 0 heterocycles. The first-order valence-corrected chi connectivity index (χ1v) is 6.39. The van der Waals surface area contributed by atoms with Crippen molar-refractivity contribution >= 4 is 11.8 Å². The van der Waals surface area contributed by atoms with Gasteiger partial charge in [0.05, 0.1) is 6.54 Å². The van der Waals surface area contributed by atoms with Crippen molar-refractivity contribution in [3.05, 3.63) is 0 Å². The standard InChI is InChI=1S/C13H26N2O3/c1-6-18-9-7-8-12(17)15(5)10-11(16)14-13(2,3)4/h6-10H2,1-5H3,(H,14,16). The van der Waals surface area contributed by atoms with Crippen LogP contribution in [-0.2, 0) is 14.3 Å². The highest BCUT2D eigenvalue weighted by Gasteiger charge is 2.17. The van der Waals surface area contributed by atoms with Crippen LogP contribution in [0.5, 0.6) is 0 Å². The van der Waals surface area contributed by atoms with Gasteiger partial charge in [-0.2, -0.15) is 0 Å². The molecule has 0 unspecified atom stereocenters. The zero-order chi connectivity index (χ0) is 14.2. The molecular weight excluding hydrogens is 232 g/mol. The van der Waals surface area contributed by atoms with Crippen LogP contribution >= 0.6 is 0 Å². The molecule has 0 fully saturated rings. The number of ether oxygens (including phenoxy) is 1. The Morgan fingerprint density at radius 1 is 1.28 bits per heavy atom. The lowest BCUT2D eigenvalue weighted by atomic mass is 10.1. The van der Waals surface area contributed by atoms with E-state index in [0.29, 0.717) is 26.1 Å². The first-order valence-electron chi connectivity index (χ1n) is 6.39. The third-order valence-corrected chi connectivity index (χ3v) is 2.20. The van der Waals surface area contributed by atoms with Gasteiger partial charge in [0.1, 0.15) is 0 Å². The summed E-state index contributed by atoms with van der Waals surface area (Å²) in [6.07, 6.45) is 1.11. The second kappa shape index (κ2) is 8.08. The molecule has 106 valence electrons. The van der Waals surface area contributed by atoms with Crippen LogP contribution in [0.2, 0.25) is 0 Å². The Balaban J connectivity index is 3.90. The zero-order valence-electron chi connectivity index (χ0n) is 12.2. The number of rotatable bonds is 7. The number of carbonyl (C=O) groups excluding carboxylic acids is 2. The van der Waals surface area contributed by atoms with E-state index in [2.05, 4.69) is 5.32 Å². The van der Waals surface area contributed by atoms with Gasteiger partial charge in [0.25, 0.3) is 0 Å². The highest BCUT2D eigenvalue weighted by atomic mass is 16.5. The summed E-state index contributed by atoms with van der Waals surface area (Å²) in [7, 11) is 1.64. The zero-order valence-corrected chi connectivity index (χ0v) is 12.2. The Hall–Kier alpha value is -1.10. The van der Waals surface area contributed by atoms with E-state index in [1.54, 1.807) is 7.05 Å². The van der Waals surface area contributed by atoms with E-state index in [1.165, 1.54) is 4.90 Å². The molecule has 18 heavy (non-hydrogen) atoms. The molecule has 0 aliphatic rings. The average molecular weight is 258 g/mol. The van der Waals surface area contributed by atoms with Crippen LogP contribution in [0.1, 0.15) is 40.5 Å². The van der Waals surface area contributed by atoms with Gasteiger partial charge in [-0.3, -0.25) is 9.59 Å². The van der Waals surface area contributed by atoms with Crippen LogP contribution in [0.4, 0.5) is 0 Å². The summed E-state index contributed by atoms with van der Waals surface area (Å²) in [5.41, 5.74) is -0.268. The lowest BCUT2D eigenvalue weighted by Gasteiger charge is -2.23. The summed E-state index contributed by atoms with van der Waals surface area (Å²) in [5.74, 6) is -0.165. The minimum absolute atomic E-state index is 0.0289. The van der Waals surface area contributed by atoms with Gasteiger partial charge in [0.2, 0.25) is 11.8 Å². The van der Waals surface area contributed by atoms with Gasteiger partial charge in [0, 0.05) is 32.2 Å². The van der Waals surface area contributed by atoms with Crippen LogP contribution in [0, 0.1) is 0 Å². The van der Waals surface area contributed by atoms with Crippen molar-refractivity contribution in [1.82, 2.24) is 10.2 Å². The van der Waals surface area contributed by atoms with Gasteiger partial charge in [-0.25, -0.2) is 0 Å². The fourth-order valence-electron chi connectivity index (χ4n) is 1.42. The predicted octanol–water partition coefficient (Wildman–Crippen LogP) is 1.18. The molecule has 0 aliphatic heterocycles. The maximum atomic E-state index is 11.7. The highest BCUT2D eigenvalue weighted by molar-refractivity contribution is 5.84. The van der Waals surface area contributed by atoms with E-state index in [4.69, 9.17) is 4.74 Å². The molecule has 0 bridgehead atoms. The minimum atomic E-state index is -0.268. The number of amides is 2.